The van der Waals surface area contributed by atoms with Crippen molar-refractivity contribution in [3.8, 4) is 0 Å². The Morgan fingerprint density at radius 2 is 1.64 bits per heavy atom. The van der Waals surface area contributed by atoms with Crippen molar-refractivity contribution in [1.29, 1.82) is 0 Å². The minimum absolute atomic E-state index is 0.0411. The predicted molar refractivity (Wildman–Crippen MR) is 89.6 cm³/mol. The lowest BCUT2D eigenvalue weighted by molar-refractivity contribution is 0.0694. The van der Waals surface area contributed by atoms with E-state index in [0.717, 1.165) is 6.07 Å². The number of aromatic carboxylic acids is 1. The molecule has 132 valence electrons. The summed E-state index contributed by atoms with van der Waals surface area (Å²) >= 11 is 0. The van der Waals surface area contributed by atoms with Crippen LogP contribution in [0.25, 0.3) is 0 Å². The molecule has 6 heteroatoms. The number of amides is 1. The number of hydrogen-bond donors (Lipinski definition) is 2. The SMILES string of the molecule is CC(C)(CNC(=O)c1ccc(F)cc1)Cc1cc(F)ccc1C(=O)O. The molecule has 2 rings (SSSR count). The molecule has 2 N–H and O–H groups in total. The summed E-state index contributed by atoms with van der Waals surface area (Å²) in [6.45, 7) is 3.93. The molecule has 0 saturated carbocycles. The van der Waals surface area contributed by atoms with Gasteiger partial charge in [0.25, 0.3) is 5.91 Å². The molecule has 0 saturated heterocycles. The smallest absolute Gasteiger partial charge is 0.335 e. The highest BCUT2D eigenvalue weighted by molar-refractivity contribution is 5.94. The summed E-state index contributed by atoms with van der Waals surface area (Å²) in [5, 5.41) is 12.0. The summed E-state index contributed by atoms with van der Waals surface area (Å²) in [7, 11) is 0. The molecule has 0 atom stereocenters. The van der Waals surface area contributed by atoms with E-state index in [1.165, 1.54) is 36.4 Å². The van der Waals surface area contributed by atoms with E-state index in [9.17, 15) is 23.5 Å². The highest BCUT2D eigenvalue weighted by Gasteiger charge is 2.23. The Bertz CT molecular complexity index is 786. The molecule has 4 nitrogen and oxygen atoms in total. The largest absolute Gasteiger partial charge is 0.478 e. The number of carboxylic acids is 1. The van der Waals surface area contributed by atoms with Gasteiger partial charge >= 0.3 is 5.97 Å². The first-order chi connectivity index (χ1) is 11.7. The summed E-state index contributed by atoms with van der Waals surface area (Å²) in [5.41, 5.74) is 0.232. The van der Waals surface area contributed by atoms with Gasteiger partial charge in [-0.1, -0.05) is 13.8 Å². The van der Waals surface area contributed by atoms with Crippen LogP contribution in [-0.4, -0.2) is 23.5 Å². The van der Waals surface area contributed by atoms with Gasteiger partial charge in [-0.3, -0.25) is 4.79 Å². The molecule has 2 aromatic carbocycles. The number of carbonyl (C=O) groups excluding carboxylic acids is 1. The Labute approximate surface area is 144 Å². The quantitative estimate of drug-likeness (QED) is 0.838. The second kappa shape index (κ2) is 7.42. The maximum absolute atomic E-state index is 13.5. The molecule has 25 heavy (non-hydrogen) atoms. The number of halogens is 2. The molecule has 0 aromatic heterocycles. The molecule has 0 aliphatic heterocycles. The average molecular weight is 347 g/mol. The third-order valence-electron chi connectivity index (χ3n) is 3.80. The monoisotopic (exact) mass is 347 g/mol. The molecule has 0 unspecified atom stereocenters. The standard InChI is InChI=1S/C19H19F2NO3/c1-19(2,10-13-9-15(21)7-8-16(13)18(24)25)11-22-17(23)12-3-5-14(20)6-4-12/h3-9H,10-11H2,1-2H3,(H,22,23)(H,24,25). The lowest BCUT2D eigenvalue weighted by Crippen LogP contribution is -2.35. The van der Waals surface area contributed by atoms with Crippen molar-refractivity contribution in [2.24, 2.45) is 5.41 Å². The van der Waals surface area contributed by atoms with Crippen LogP contribution in [0.15, 0.2) is 42.5 Å². The van der Waals surface area contributed by atoms with Gasteiger partial charge in [-0.25, -0.2) is 13.6 Å². The van der Waals surface area contributed by atoms with Crippen LogP contribution in [0.1, 0.15) is 40.1 Å². The first-order valence-electron chi connectivity index (χ1n) is 7.73. The molecule has 2 aromatic rings. The van der Waals surface area contributed by atoms with E-state index in [0.29, 0.717) is 11.1 Å². The second-order valence-electron chi connectivity index (χ2n) is 6.64. The van der Waals surface area contributed by atoms with Gasteiger partial charge in [0.05, 0.1) is 5.56 Å². The molecule has 1 amide bonds. The topological polar surface area (TPSA) is 66.4 Å². The van der Waals surface area contributed by atoms with Crippen LogP contribution >= 0.6 is 0 Å². The van der Waals surface area contributed by atoms with Crippen molar-refractivity contribution < 1.29 is 23.5 Å². The normalized spacial score (nSPS) is 11.2. The van der Waals surface area contributed by atoms with Gasteiger partial charge in [-0.15, -0.1) is 0 Å². The molecule has 0 bridgehead atoms. The van der Waals surface area contributed by atoms with Gasteiger partial charge < -0.3 is 10.4 Å². The number of carbonyl (C=O) groups is 2. The minimum atomic E-state index is -1.12. The Hall–Kier alpha value is -2.76. The summed E-state index contributed by atoms with van der Waals surface area (Å²) in [6.07, 6.45) is 0.274. The Morgan fingerprint density at radius 1 is 1.04 bits per heavy atom. The van der Waals surface area contributed by atoms with E-state index < -0.39 is 23.0 Å². The van der Waals surface area contributed by atoms with Crippen LogP contribution in [0.3, 0.4) is 0 Å². The van der Waals surface area contributed by atoms with Gasteiger partial charge in [0, 0.05) is 12.1 Å². The fourth-order valence-corrected chi connectivity index (χ4v) is 2.52. The Morgan fingerprint density at radius 3 is 2.24 bits per heavy atom. The van der Waals surface area contributed by atoms with Gasteiger partial charge in [0.1, 0.15) is 11.6 Å². The molecule has 0 spiro atoms. The maximum Gasteiger partial charge on any atom is 0.335 e. The van der Waals surface area contributed by atoms with Crippen molar-refractivity contribution >= 4 is 11.9 Å². The van der Waals surface area contributed by atoms with E-state index in [-0.39, 0.29) is 24.4 Å². The zero-order chi connectivity index (χ0) is 18.6. The first kappa shape index (κ1) is 18.6. The number of carboxylic acid groups (broad SMARTS) is 1. The lowest BCUT2D eigenvalue weighted by atomic mass is 9.84. The lowest BCUT2D eigenvalue weighted by Gasteiger charge is -2.26. The van der Waals surface area contributed by atoms with Gasteiger partial charge in [-0.2, -0.15) is 0 Å². The average Bonchev–Trinajstić information content (AvgIpc) is 2.53. The highest BCUT2D eigenvalue weighted by Crippen LogP contribution is 2.24. The summed E-state index contributed by atoms with van der Waals surface area (Å²) in [5.74, 6) is -2.41. The molecule has 0 aliphatic rings. The van der Waals surface area contributed by atoms with E-state index in [2.05, 4.69) is 5.32 Å². The number of benzene rings is 2. The number of rotatable bonds is 6. The molecular formula is C19H19F2NO3. The van der Waals surface area contributed by atoms with Crippen LogP contribution in [0.4, 0.5) is 8.78 Å². The van der Waals surface area contributed by atoms with Crippen LogP contribution in [0.2, 0.25) is 0 Å². The summed E-state index contributed by atoms with van der Waals surface area (Å²) in [4.78, 5) is 23.4. The van der Waals surface area contributed by atoms with Crippen molar-refractivity contribution in [2.45, 2.75) is 20.3 Å². The van der Waals surface area contributed by atoms with Crippen molar-refractivity contribution in [3.05, 3.63) is 70.8 Å². The zero-order valence-electron chi connectivity index (χ0n) is 14.0. The minimum Gasteiger partial charge on any atom is -0.478 e. The van der Waals surface area contributed by atoms with Crippen LogP contribution in [-0.2, 0) is 6.42 Å². The van der Waals surface area contributed by atoms with Crippen LogP contribution in [0, 0.1) is 17.0 Å². The van der Waals surface area contributed by atoms with Gasteiger partial charge in [-0.05, 0) is 59.9 Å². The fourth-order valence-electron chi connectivity index (χ4n) is 2.52. The van der Waals surface area contributed by atoms with Crippen LogP contribution in [0.5, 0.6) is 0 Å². The van der Waals surface area contributed by atoms with Crippen LogP contribution < -0.4 is 5.32 Å². The summed E-state index contributed by atoms with van der Waals surface area (Å²) < 4.78 is 26.4. The van der Waals surface area contributed by atoms with Gasteiger partial charge in [0.15, 0.2) is 0 Å². The molecule has 0 fully saturated rings. The maximum atomic E-state index is 13.5. The molecule has 0 radical (unpaired) electrons. The fraction of sp³-hybridized carbons (Fsp3) is 0.263. The third-order valence-corrected chi connectivity index (χ3v) is 3.80. The van der Waals surface area contributed by atoms with Gasteiger partial charge in [0.2, 0.25) is 0 Å². The van der Waals surface area contributed by atoms with Crippen molar-refractivity contribution in [3.63, 3.8) is 0 Å². The Kier molecular flexibility index (Phi) is 5.51. The van der Waals surface area contributed by atoms with E-state index in [4.69, 9.17) is 0 Å². The second-order valence-corrected chi connectivity index (χ2v) is 6.64. The van der Waals surface area contributed by atoms with E-state index in [1.807, 2.05) is 13.8 Å². The summed E-state index contributed by atoms with van der Waals surface area (Å²) in [6, 6.07) is 8.71. The highest BCUT2D eigenvalue weighted by atomic mass is 19.1. The zero-order valence-corrected chi connectivity index (χ0v) is 14.0. The third kappa shape index (κ3) is 5.11. The number of hydrogen-bond acceptors (Lipinski definition) is 2. The predicted octanol–water partition coefficient (Wildman–Crippen LogP) is 3.66. The first-order valence-corrected chi connectivity index (χ1v) is 7.73. The van der Waals surface area contributed by atoms with Crippen molar-refractivity contribution in [2.75, 3.05) is 6.54 Å². The van der Waals surface area contributed by atoms with Crippen molar-refractivity contribution in [1.82, 2.24) is 5.32 Å². The molecule has 0 heterocycles. The van der Waals surface area contributed by atoms with E-state index >= 15 is 0 Å². The molecule has 0 aliphatic carbocycles. The van der Waals surface area contributed by atoms with E-state index in [1.54, 1.807) is 0 Å². The Balaban J connectivity index is 2.07. The number of nitrogens with one attached hydrogen (secondary N) is 1. The molecular weight excluding hydrogens is 328 g/mol.